The van der Waals surface area contributed by atoms with E-state index in [0.717, 1.165) is 53.3 Å². The van der Waals surface area contributed by atoms with E-state index in [1.165, 1.54) is 0 Å². The molecule has 2 aromatic carbocycles. The van der Waals surface area contributed by atoms with Gasteiger partial charge in [0.25, 0.3) is 0 Å². The largest absolute Gasteiger partial charge is 0.497 e. The molecule has 0 aliphatic carbocycles. The quantitative estimate of drug-likeness (QED) is 0.301. The topological polar surface area (TPSA) is 69.5 Å². The van der Waals surface area contributed by atoms with E-state index < -0.39 is 0 Å². The summed E-state index contributed by atoms with van der Waals surface area (Å²) in [5, 5.41) is 4.81. The number of aromatic nitrogens is 3. The fourth-order valence-corrected chi connectivity index (χ4v) is 4.47. The van der Waals surface area contributed by atoms with Crippen molar-refractivity contribution in [1.29, 1.82) is 0 Å². The Morgan fingerprint density at radius 2 is 2.05 bits per heavy atom. The second-order valence-electron chi connectivity index (χ2n) is 8.99. The zero-order valence-corrected chi connectivity index (χ0v) is 20.9. The van der Waals surface area contributed by atoms with Gasteiger partial charge in [0.15, 0.2) is 0 Å². The molecule has 0 N–H and O–H groups in total. The number of benzene rings is 2. The van der Waals surface area contributed by atoms with Crippen LogP contribution in [0.2, 0.25) is 0 Å². The van der Waals surface area contributed by atoms with Crippen molar-refractivity contribution in [2.45, 2.75) is 25.5 Å². The predicted molar refractivity (Wildman–Crippen MR) is 143 cm³/mol. The number of ether oxygens (including phenoxy) is 2. The van der Waals surface area contributed by atoms with Gasteiger partial charge in [-0.15, -0.1) is 0 Å². The minimum atomic E-state index is -0.0806. The van der Waals surface area contributed by atoms with Gasteiger partial charge in [-0.3, -0.25) is 9.78 Å². The number of amides is 1. The van der Waals surface area contributed by atoms with Crippen LogP contribution in [0.4, 0.5) is 0 Å². The van der Waals surface area contributed by atoms with Crippen LogP contribution in [0.15, 0.2) is 91.4 Å². The van der Waals surface area contributed by atoms with Crippen LogP contribution in [0, 0.1) is 0 Å². The smallest absolute Gasteiger partial charge is 0.246 e. The van der Waals surface area contributed by atoms with Gasteiger partial charge in [0.2, 0.25) is 5.91 Å². The van der Waals surface area contributed by atoms with E-state index in [2.05, 4.69) is 4.98 Å². The molecule has 1 atom stereocenters. The molecule has 4 aromatic rings. The van der Waals surface area contributed by atoms with Gasteiger partial charge in [-0.1, -0.05) is 30.3 Å². The first-order chi connectivity index (χ1) is 18.2. The van der Waals surface area contributed by atoms with Crippen LogP contribution in [0.1, 0.15) is 24.0 Å². The van der Waals surface area contributed by atoms with Crippen molar-refractivity contribution in [3.05, 3.63) is 103 Å². The van der Waals surface area contributed by atoms with Crippen molar-refractivity contribution in [2.24, 2.45) is 0 Å². The maximum atomic E-state index is 13.5. The Labute approximate surface area is 217 Å². The molecule has 5 rings (SSSR count). The molecule has 1 unspecified atom stereocenters. The minimum Gasteiger partial charge on any atom is -0.497 e. The second kappa shape index (κ2) is 11.7. The molecule has 1 saturated heterocycles. The lowest BCUT2D eigenvalue weighted by molar-refractivity contribution is -0.128. The van der Waals surface area contributed by atoms with Crippen molar-refractivity contribution < 1.29 is 14.3 Å². The third kappa shape index (κ3) is 6.13. The van der Waals surface area contributed by atoms with Crippen molar-refractivity contribution in [3.8, 4) is 22.7 Å². The molecule has 0 spiro atoms. The number of carbonyl (C=O) groups excluding carboxylic acids is 1. The molecular weight excluding hydrogens is 464 g/mol. The number of rotatable bonds is 9. The number of hydrogen-bond acceptors (Lipinski definition) is 5. The van der Waals surface area contributed by atoms with E-state index in [0.29, 0.717) is 13.1 Å². The molecule has 2 aromatic heterocycles. The van der Waals surface area contributed by atoms with Crippen LogP contribution >= 0.6 is 0 Å². The van der Waals surface area contributed by atoms with Crippen molar-refractivity contribution >= 4 is 12.0 Å². The number of para-hydroxylation sites is 1. The zero-order valence-electron chi connectivity index (χ0n) is 20.9. The number of carbonyl (C=O) groups is 1. The first-order valence-corrected chi connectivity index (χ1v) is 12.5. The molecule has 1 fully saturated rings. The Balaban J connectivity index is 1.43. The molecule has 188 valence electrons. The molecule has 37 heavy (non-hydrogen) atoms. The molecule has 1 amide bonds. The summed E-state index contributed by atoms with van der Waals surface area (Å²) in [4.78, 5) is 19.6. The van der Waals surface area contributed by atoms with Crippen molar-refractivity contribution in [1.82, 2.24) is 19.7 Å². The highest BCUT2D eigenvalue weighted by atomic mass is 16.5. The fraction of sp³-hybridized carbons (Fsp3) is 0.233. The maximum Gasteiger partial charge on any atom is 0.246 e. The first kappa shape index (κ1) is 24.5. The summed E-state index contributed by atoms with van der Waals surface area (Å²) < 4.78 is 13.0. The standard InChI is InChI=1S/C30H30N4O3/c1-36-27-12-5-8-23(18-27)20-33(22-28-13-7-17-37-28)29(35)15-14-25-21-34(26-10-3-2-4-11-26)32-30(25)24-9-6-16-31-19-24/h2-6,8-12,14-16,18-19,21,28H,7,13,17,20,22H2,1H3/b15-14+. The van der Waals surface area contributed by atoms with Crippen molar-refractivity contribution in [3.63, 3.8) is 0 Å². The second-order valence-corrected chi connectivity index (χ2v) is 8.99. The average molecular weight is 495 g/mol. The molecular formula is C30H30N4O3. The summed E-state index contributed by atoms with van der Waals surface area (Å²) in [7, 11) is 1.65. The van der Waals surface area contributed by atoms with Crippen LogP contribution in [0.25, 0.3) is 23.0 Å². The van der Waals surface area contributed by atoms with Crippen LogP contribution in [-0.2, 0) is 16.1 Å². The van der Waals surface area contributed by atoms with Gasteiger partial charge in [0.1, 0.15) is 11.4 Å². The SMILES string of the molecule is COc1cccc(CN(CC2CCCO2)C(=O)/C=C/c2cn(-c3ccccc3)nc2-c2cccnc2)c1. The molecule has 1 aliphatic rings. The lowest BCUT2D eigenvalue weighted by atomic mass is 10.1. The van der Waals surface area contributed by atoms with Crippen LogP contribution < -0.4 is 4.74 Å². The van der Waals surface area contributed by atoms with E-state index in [-0.39, 0.29) is 12.0 Å². The van der Waals surface area contributed by atoms with E-state index in [4.69, 9.17) is 14.6 Å². The minimum absolute atomic E-state index is 0.0507. The Kier molecular flexibility index (Phi) is 7.72. The van der Waals surface area contributed by atoms with Gasteiger partial charge in [-0.05, 0) is 60.9 Å². The molecule has 7 heteroatoms. The van der Waals surface area contributed by atoms with Crippen molar-refractivity contribution in [2.75, 3.05) is 20.3 Å². The molecule has 1 aliphatic heterocycles. The summed E-state index contributed by atoms with van der Waals surface area (Å²) in [5.74, 6) is 0.690. The molecule has 0 bridgehead atoms. The van der Waals surface area contributed by atoms with Crippen LogP contribution in [0.5, 0.6) is 5.75 Å². The molecule has 3 heterocycles. The summed E-state index contributed by atoms with van der Waals surface area (Å²) in [6, 6.07) is 21.6. The first-order valence-electron chi connectivity index (χ1n) is 12.5. The number of pyridine rings is 1. The number of nitrogens with zero attached hydrogens (tertiary/aromatic N) is 4. The normalized spacial score (nSPS) is 15.2. The zero-order chi connectivity index (χ0) is 25.5. The monoisotopic (exact) mass is 494 g/mol. The molecule has 0 radical (unpaired) electrons. The highest BCUT2D eigenvalue weighted by Crippen LogP contribution is 2.25. The van der Waals surface area contributed by atoms with E-state index in [9.17, 15) is 4.79 Å². The van der Waals surface area contributed by atoms with Crippen LogP contribution in [0.3, 0.4) is 0 Å². The Bertz CT molecular complexity index is 1350. The number of hydrogen-bond donors (Lipinski definition) is 0. The van der Waals surface area contributed by atoms with Crippen LogP contribution in [-0.4, -0.2) is 51.9 Å². The van der Waals surface area contributed by atoms with E-state index in [1.54, 1.807) is 25.6 Å². The summed E-state index contributed by atoms with van der Waals surface area (Å²) in [6.45, 7) is 1.76. The van der Waals surface area contributed by atoms with Gasteiger partial charge >= 0.3 is 0 Å². The Morgan fingerprint density at radius 1 is 1.16 bits per heavy atom. The summed E-state index contributed by atoms with van der Waals surface area (Å²) in [5.41, 5.74) is 4.43. The van der Waals surface area contributed by atoms with Gasteiger partial charge in [0, 0.05) is 55.5 Å². The van der Waals surface area contributed by atoms with E-state index >= 15 is 0 Å². The average Bonchev–Trinajstić information content (AvgIpc) is 3.63. The number of methoxy groups -OCH3 is 1. The summed E-state index contributed by atoms with van der Waals surface area (Å²) >= 11 is 0. The third-order valence-electron chi connectivity index (χ3n) is 6.37. The highest BCUT2D eigenvalue weighted by Gasteiger charge is 2.22. The van der Waals surface area contributed by atoms with Gasteiger partial charge in [0.05, 0.1) is 18.9 Å². The predicted octanol–water partition coefficient (Wildman–Crippen LogP) is 5.16. The van der Waals surface area contributed by atoms with Gasteiger partial charge < -0.3 is 14.4 Å². The lowest BCUT2D eigenvalue weighted by Crippen LogP contribution is -2.35. The van der Waals surface area contributed by atoms with Gasteiger partial charge in [-0.25, -0.2) is 4.68 Å². The Morgan fingerprint density at radius 3 is 2.81 bits per heavy atom. The van der Waals surface area contributed by atoms with Gasteiger partial charge in [-0.2, -0.15) is 5.10 Å². The van der Waals surface area contributed by atoms with E-state index in [1.807, 2.05) is 88.6 Å². The highest BCUT2D eigenvalue weighted by molar-refractivity contribution is 5.93. The maximum absolute atomic E-state index is 13.5. The third-order valence-corrected chi connectivity index (χ3v) is 6.37. The lowest BCUT2D eigenvalue weighted by Gasteiger charge is -2.24. The molecule has 7 nitrogen and oxygen atoms in total. The fourth-order valence-electron chi connectivity index (χ4n) is 4.47. The summed E-state index contributed by atoms with van der Waals surface area (Å²) in [6.07, 6.45) is 11.0. The molecule has 0 saturated carbocycles. The Hall–Kier alpha value is -4.23.